The smallest absolute Gasteiger partial charge is 0.317 e. The van der Waals surface area contributed by atoms with Crippen molar-refractivity contribution in [3.05, 3.63) is 94.0 Å². The molecule has 0 spiro atoms. The molecule has 3 atom stereocenters. The minimum atomic E-state index is -4.44. The van der Waals surface area contributed by atoms with E-state index in [4.69, 9.17) is 9.47 Å². The first kappa shape index (κ1) is 29.9. The second-order valence-corrected chi connectivity index (χ2v) is 16.5. The topological polar surface area (TPSA) is 107 Å². The predicted octanol–water partition coefficient (Wildman–Crippen LogP) is 7.45. The van der Waals surface area contributed by atoms with Gasteiger partial charge in [-0.15, -0.1) is 0 Å². The fourth-order valence-corrected chi connectivity index (χ4v) is 11.3. The van der Waals surface area contributed by atoms with Gasteiger partial charge in [0.1, 0.15) is 11.4 Å². The molecule has 3 aromatic carbocycles. The Hall–Kier alpha value is -3.49. The predicted molar refractivity (Wildman–Crippen MR) is 171 cm³/mol. The Bertz CT molecular complexity index is 1830. The average Bonchev–Trinajstić information content (AvgIpc) is 3.00. The lowest BCUT2D eigenvalue weighted by atomic mass is 9.48. The van der Waals surface area contributed by atoms with E-state index in [1.54, 1.807) is 13.0 Å². The minimum Gasteiger partial charge on any atom is -0.459 e. The lowest BCUT2D eigenvalue weighted by Gasteiger charge is -2.60. The van der Waals surface area contributed by atoms with Gasteiger partial charge in [0.15, 0.2) is 0 Å². The van der Waals surface area contributed by atoms with Gasteiger partial charge in [0.2, 0.25) is 0 Å². The molecule has 0 heterocycles. The zero-order valence-electron chi connectivity index (χ0n) is 26.5. The van der Waals surface area contributed by atoms with E-state index >= 15 is 0 Å². The maximum Gasteiger partial charge on any atom is 0.317 e. The molecule has 0 radical (unpaired) electrons. The molecule has 6 bridgehead atoms. The zero-order chi connectivity index (χ0) is 32.2. The fraction of sp³-hybridized carbons (Fsp3) is 0.474. The normalized spacial score (nSPS) is 31.8. The van der Waals surface area contributed by atoms with E-state index in [0.717, 1.165) is 25.7 Å². The summed E-state index contributed by atoms with van der Waals surface area (Å²) < 4.78 is 46.8. The lowest BCUT2D eigenvalue weighted by Crippen LogP contribution is -2.61. The van der Waals surface area contributed by atoms with Crippen molar-refractivity contribution in [2.75, 3.05) is 0 Å². The van der Waals surface area contributed by atoms with Gasteiger partial charge in [-0.25, -0.2) is 0 Å². The summed E-state index contributed by atoms with van der Waals surface area (Å²) in [7, 11) is -4.44. The molecule has 4 fully saturated rings. The van der Waals surface area contributed by atoms with Crippen molar-refractivity contribution in [3.63, 3.8) is 0 Å². The number of esters is 2. The van der Waals surface area contributed by atoms with Crippen molar-refractivity contribution in [2.45, 2.75) is 94.0 Å². The Morgan fingerprint density at radius 2 is 1.46 bits per heavy atom. The summed E-state index contributed by atoms with van der Waals surface area (Å²) in [5.41, 5.74) is 4.48. The molecule has 10 rings (SSSR count). The van der Waals surface area contributed by atoms with Gasteiger partial charge in [-0.2, -0.15) is 8.42 Å². The summed E-state index contributed by atoms with van der Waals surface area (Å²) in [6.45, 7) is 5.34. The molecule has 0 aliphatic heterocycles. The van der Waals surface area contributed by atoms with Crippen molar-refractivity contribution >= 4 is 22.1 Å². The first-order valence-corrected chi connectivity index (χ1v) is 18.1. The van der Waals surface area contributed by atoms with Gasteiger partial charge >= 0.3 is 11.9 Å². The molecular formula is C38H40O7S. The second-order valence-electron chi connectivity index (χ2n) is 15.2. The highest BCUT2D eigenvalue weighted by Gasteiger charge is 2.63. The lowest BCUT2D eigenvalue weighted by molar-refractivity contribution is -0.212. The highest BCUT2D eigenvalue weighted by atomic mass is 32.2. The monoisotopic (exact) mass is 640 g/mol. The van der Waals surface area contributed by atoms with Crippen LogP contribution in [0.3, 0.4) is 0 Å². The summed E-state index contributed by atoms with van der Waals surface area (Å²) in [5, 5.41) is 0. The van der Waals surface area contributed by atoms with E-state index in [9.17, 15) is 22.6 Å². The SMILES string of the molecule is Cc1cc(S(=O)(=O)O)c(C(C)C)cc1OC(=O)C12CC3CC(CC(OC(=O)C4CC5c6ccccc6C4c4ccccc45)(C3)C1)C2. The summed E-state index contributed by atoms with van der Waals surface area (Å²) in [6, 6.07) is 19.9. The molecule has 8 heteroatoms. The molecule has 7 aliphatic rings. The average molecular weight is 641 g/mol. The molecule has 0 aromatic heterocycles. The van der Waals surface area contributed by atoms with E-state index in [-0.39, 0.29) is 52.3 Å². The Kier molecular flexibility index (Phi) is 6.66. The molecule has 0 amide bonds. The van der Waals surface area contributed by atoms with Crippen molar-refractivity contribution in [1.82, 2.24) is 0 Å². The highest BCUT2D eigenvalue weighted by molar-refractivity contribution is 7.85. The second kappa shape index (κ2) is 10.3. The van der Waals surface area contributed by atoms with Crippen LogP contribution in [0.1, 0.15) is 110 Å². The molecule has 4 saturated carbocycles. The molecule has 240 valence electrons. The van der Waals surface area contributed by atoms with E-state index in [1.165, 1.54) is 28.3 Å². The van der Waals surface area contributed by atoms with Crippen LogP contribution in [0, 0.1) is 30.1 Å². The van der Waals surface area contributed by atoms with Crippen LogP contribution in [0.15, 0.2) is 65.6 Å². The minimum absolute atomic E-state index is 0.0402. The number of fused-ring (bicyclic) bond motifs is 1. The first-order valence-electron chi connectivity index (χ1n) is 16.6. The number of ether oxygens (including phenoxy) is 2. The van der Waals surface area contributed by atoms with Crippen LogP contribution in [0.5, 0.6) is 5.75 Å². The Balaban J connectivity index is 1.07. The Labute approximate surface area is 270 Å². The number of aryl methyl sites for hydroxylation is 1. The summed E-state index contributed by atoms with van der Waals surface area (Å²) in [6.07, 6.45) is 5.17. The number of rotatable bonds is 6. The van der Waals surface area contributed by atoms with Gasteiger partial charge in [0, 0.05) is 18.3 Å². The van der Waals surface area contributed by atoms with Gasteiger partial charge < -0.3 is 9.47 Å². The van der Waals surface area contributed by atoms with Crippen molar-refractivity contribution in [2.24, 2.45) is 23.2 Å². The van der Waals surface area contributed by atoms with Crippen LogP contribution in [0.25, 0.3) is 0 Å². The standard InChI is InChI=1S/C38H40O7S/c1-21(2)29-15-32(22(3)12-33(29)46(41,42)43)44-36(40)37-16-23-13-24(17-37)19-38(18-23,20-37)45-35(39)31-14-30-25-8-4-6-10-27(25)34(31)28-11-7-5-9-26(28)30/h4-12,15,21,23-24,30-31,34H,13-14,16-20H2,1-3H3,(H,41,42,43). The third-order valence-corrected chi connectivity index (χ3v) is 12.7. The molecule has 7 nitrogen and oxygen atoms in total. The van der Waals surface area contributed by atoms with Crippen molar-refractivity contribution < 1.29 is 32.0 Å². The molecule has 0 saturated heterocycles. The Morgan fingerprint density at radius 1 is 0.870 bits per heavy atom. The molecule has 7 aliphatic carbocycles. The maximum absolute atomic E-state index is 14.3. The van der Waals surface area contributed by atoms with Crippen LogP contribution >= 0.6 is 0 Å². The third kappa shape index (κ3) is 4.58. The number of carbonyl (C=O) groups excluding carboxylic acids is 2. The Morgan fingerprint density at radius 3 is 2.02 bits per heavy atom. The zero-order valence-corrected chi connectivity index (χ0v) is 27.3. The van der Waals surface area contributed by atoms with Crippen LogP contribution in [0.4, 0.5) is 0 Å². The number of carbonyl (C=O) groups is 2. The van der Waals surface area contributed by atoms with Crippen LogP contribution < -0.4 is 4.74 Å². The first-order chi connectivity index (χ1) is 21.9. The van der Waals surface area contributed by atoms with E-state index < -0.39 is 21.1 Å². The van der Waals surface area contributed by atoms with Gasteiger partial charge in [0.05, 0.1) is 16.2 Å². The molecule has 46 heavy (non-hydrogen) atoms. The van der Waals surface area contributed by atoms with Gasteiger partial charge in [-0.1, -0.05) is 62.4 Å². The van der Waals surface area contributed by atoms with Crippen LogP contribution in [0.2, 0.25) is 0 Å². The van der Waals surface area contributed by atoms with Gasteiger partial charge in [0.25, 0.3) is 10.1 Å². The number of benzene rings is 3. The summed E-state index contributed by atoms with van der Waals surface area (Å²) in [4.78, 5) is 28.3. The summed E-state index contributed by atoms with van der Waals surface area (Å²) in [5.74, 6) is 0.0102. The van der Waals surface area contributed by atoms with Crippen LogP contribution in [-0.4, -0.2) is 30.5 Å². The quantitative estimate of drug-likeness (QED) is 0.169. The highest BCUT2D eigenvalue weighted by Crippen LogP contribution is 2.64. The van der Waals surface area contributed by atoms with Gasteiger partial charge in [-0.3, -0.25) is 14.1 Å². The molecule has 1 N–H and O–H groups in total. The fourth-order valence-electron chi connectivity index (χ4n) is 10.4. The molecular weight excluding hydrogens is 600 g/mol. The van der Waals surface area contributed by atoms with Crippen molar-refractivity contribution in [3.8, 4) is 5.75 Å². The maximum atomic E-state index is 14.3. The van der Waals surface area contributed by atoms with E-state index in [2.05, 4.69) is 48.5 Å². The molecule has 3 unspecified atom stereocenters. The van der Waals surface area contributed by atoms with E-state index in [1.807, 2.05) is 13.8 Å². The number of hydrogen-bond acceptors (Lipinski definition) is 6. The van der Waals surface area contributed by atoms with Crippen molar-refractivity contribution in [1.29, 1.82) is 0 Å². The van der Waals surface area contributed by atoms with E-state index in [0.29, 0.717) is 36.1 Å². The van der Waals surface area contributed by atoms with Crippen LogP contribution in [-0.2, 0) is 24.4 Å². The number of hydrogen-bond donors (Lipinski definition) is 1. The molecule has 3 aromatic rings. The summed E-state index contributed by atoms with van der Waals surface area (Å²) >= 11 is 0. The third-order valence-electron chi connectivity index (χ3n) is 11.8. The largest absolute Gasteiger partial charge is 0.459 e. The van der Waals surface area contributed by atoms with Gasteiger partial charge in [-0.05, 0) is 109 Å².